The second-order valence-electron chi connectivity index (χ2n) is 8.64. The molecule has 6 nitrogen and oxygen atoms in total. The molecule has 208 valence electrons. The Morgan fingerprint density at radius 3 is 1.51 bits per heavy atom. The van der Waals surface area contributed by atoms with E-state index in [4.69, 9.17) is 19.7 Å². The average Bonchev–Trinajstić information content (AvgIpc) is 3.00. The van der Waals surface area contributed by atoms with E-state index < -0.39 is 0 Å². The van der Waals surface area contributed by atoms with Crippen LogP contribution in [0, 0.1) is 0 Å². The molecule has 0 bridgehead atoms. The molecule has 0 aromatic heterocycles. The number of carbonyl (C=O) groups excluding carboxylic acids is 2. The zero-order valence-electron chi connectivity index (χ0n) is 23.2. The molecule has 2 N–H and O–H groups in total. The molecular weight excluding hydrogens is 492 g/mol. The molecule has 3 aromatic rings. The Bertz CT molecular complexity index is 1120. The molecule has 0 heterocycles. The van der Waals surface area contributed by atoms with Crippen LogP contribution in [0.5, 0.6) is 11.5 Å². The topological polar surface area (TPSA) is 93.1 Å². The first-order valence-electron chi connectivity index (χ1n) is 12.8. The van der Waals surface area contributed by atoms with Crippen LogP contribution in [0.4, 0.5) is 0 Å². The average molecular weight is 533 g/mol. The van der Waals surface area contributed by atoms with Gasteiger partial charge in [0.15, 0.2) is 0 Å². The number of hydrogen-bond donors (Lipinski definition) is 2. The van der Waals surface area contributed by atoms with Crippen LogP contribution in [0.25, 0.3) is 22.3 Å². The number of rotatable bonds is 12. The fourth-order valence-electron chi connectivity index (χ4n) is 3.48. The van der Waals surface area contributed by atoms with Crippen molar-refractivity contribution in [2.75, 3.05) is 27.4 Å². The van der Waals surface area contributed by atoms with Gasteiger partial charge in [0.2, 0.25) is 0 Å². The van der Waals surface area contributed by atoms with Crippen molar-refractivity contribution in [2.45, 2.75) is 32.6 Å². The highest BCUT2D eigenvalue weighted by molar-refractivity contribution is 5.79. The van der Waals surface area contributed by atoms with E-state index in [1.807, 2.05) is 18.2 Å². The zero-order chi connectivity index (χ0) is 29.0. The van der Waals surface area contributed by atoms with Gasteiger partial charge >= 0.3 is 0 Å². The molecule has 6 heteroatoms. The van der Waals surface area contributed by atoms with Crippen molar-refractivity contribution in [3.8, 4) is 33.8 Å². The molecule has 0 aliphatic carbocycles. The summed E-state index contributed by atoms with van der Waals surface area (Å²) in [6.45, 7) is 8.13. The number of benzene rings is 3. The highest BCUT2D eigenvalue weighted by atomic mass is 16.5. The van der Waals surface area contributed by atoms with Crippen LogP contribution >= 0.6 is 0 Å². The first-order valence-corrected chi connectivity index (χ1v) is 12.8. The van der Waals surface area contributed by atoms with E-state index in [1.165, 1.54) is 42.4 Å². The summed E-state index contributed by atoms with van der Waals surface area (Å²) in [5.41, 5.74) is 6.39. The zero-order valence-corrected chi connectivity index (χ0v) is 23.2. The van der Waals surface area contributed by atoms with Crippen molar-refractivity contribution < 1.29 is 29.3 Å². The molecule has 0 saturated carbocycles. The van der Waals surface area contributed by atoms with E-state index in [0.29, 0.717) is 12.6 Å². The number of ether oxygens (including phenoxy) is 2. The Balaban J connectivity index is 0.000000530. The van der Waals surface area contributed by atoms with Gasteiger partial charge in [-0.1, -0.05) is 87.5 Å². The molecule has 0 unspecified atom stereocenters. The highest BCUT2D eigenvalue weighted by Crippen LogP contribution is 2.38. The normalized spacial score (nSPS) is 9.67. The van der Waals surface area contributed by atoms with Crippen molar-refractivity contribution in [3.63, 3.8) is 0 Å². The lowest BCUT2D eigenvalue weighted by Gasteiger charge is -2.13. The third kappa shape index (κ3) is 11.5. The second kappa shape index (κ2) is 19.1. The van der Waals surface area contributed by atoms with Crippen LogP contribution < -0.4 is 9.47 Å². The maximum absolute atomic E-state index is 9.48. The van der Waals surface area contributed by atoms with Crippen molar-refractivity contribution in [1.82, 2.24) is 0 Å². The molecule has 0 aliphatic rings. The number of aldehydes is 2. The van der Waals surface area contributed by atoms with Crippen LogP contribution in [-0.2, 0) is 16.0 Å². The SMILES string of the molecule is C=C(C=O)CO.C=C(C=O)CO.CCCCCc1ccc(-c2ccc(-c3c(OC)cccc3OC)cc2)cc1. The first kappa shape index (κ1) is 33.0. The van der Waals surface area contributed by atoms with E-state index in [2.05, 4.69) is 68.6 Å². The lowest BCUT2D eigenvalue weighted by Crippen LogP contribution is -1.93. The summed E-state index contributed by atoms with van der Waals surface area (Å²) >= 11 is 0. The van der Waals surface area contributed by atoms with Crippen molar-refractivity contribution in [3.05, 3.63) is 96.6 Å². The van der Waals surface area contributed by atoms with E-state index in [0.717, 1.165) is 22.6 Å². The molecule has 3 aromatic carbocycles. The number of aliphatic hydroxyl groups excluding tert-OH is 2. The standard InChI is InChI=1S/C25H28O2.2C4H6O2/c1-4-5-6-8-19-11-13-20(14-12-19)21-15-17-22(18-16-21)25-23(26-2)9-7-10-24(25)27-3;2*1-4(2-5)3-6/h7,9-18H,4-6,8H2,1-3H3;2*2,6H,1,3H2. The number of unbranched alkanes of at least 4 members (excludes halogenated alkanes) is 2. The molecule has 0 radical (unpaired) electrons. The largest absolute Gasteiger partial charge is 0.496 e. The molecule has 3 rings (SSSR count). The summed E-state index contributed by atoms with van der Waals surface area (Å²) in [5, 5.41) is 16.0. The summed E-state index contributed by atoms with van der Waals surface area (Å²) in [4.78, 5) is 19.0. The molecule has 0 spiro atoms. The van der Waals surface area contributed by atoms with Crippen LogP contribution in [-0.4, -0.2) is 50.2 Å². The summed E-state index contributed by atoms with van der Waals surface area (Å²) in [6.07, 6.45) is 6.06. The Morgan fingerprint density at radius 2 is 1.15 bits per heavy atom. The van der Waals surface area contributed by atoms with E-state index >= 15 is 0 Å². The van der Waals surface area contributed by atoms with Crippen molar-refractivity contribution in [1.29, 1.82) is 0 Å². The van der Waals surface area contributed by atoms with E-state index in [9.17, 15) is 9.59 Å². The number of carbonyl (C=O) groups is 2. The second-order valence-corrected chi connectivity index (χ2v) is 8.64. The van der Waals surface area contributed by atoms with Crippen LogP contribution in [0.2, 0.25) is 0 Å². The minimum Gasteiger partial charge on any atom is -0.496 e. The Kier molecular flexibility index (Phi) is 16.2. The number of aryl methyl sites for hydroxylation is 1. The van der Waals surface area contributed by atoms with Gasteiger partial charge in [-0.15, -0.1) is 0 Å². The molecule has 0 amide bonds. The van der Waals surface area contributed by atoms with Gasteiger partial charge in [0.1, 0.15) is 24.1 Å². The monoisotopic (exact) mass is 532 g/mol. The van der Waals surface area contributed by atoms with E-state index in [-0.39, 0.29) is 24.4 Å². The van der Waals surface area contributed by atoms with Crippen LogP contribution in [0.15, 0.2) is 91.0 Å². The summed E-state index contributed by atoms with van der Waals surface area (Å²) < 4.78 is 11.1. The van der Waals surface area contributed by atoms with Crippen LogP contribution in [0.1, 0.15) is 31.7 Å². The lowest BCUT2D eigenvalue weighted by molar-refractivity contribution is -0.106. The Labute approximate surface area is 232 Å². The third-order valence-corrected chi connectivity index (χ3v) is 5.70. The van der Waals surface area contributed by atoms with Gasteiger partial charge < -0.3 is 19.7 Å². The summed E-state index contributed by atoms with van der Waals surface area (Å²) in [7, 11) is 3.38. The Morgan fingerprint density at radius 1 is 0.718 bits per heavy atom. The van der Waals surface area contributed by atoms with Gasteiger partial charge in [0.05, 0.1) is 33.0 Å². The smallest absolute Gasteiger partial charge is 0.147 e. The molecule has 0 atom stereocenters. The van der Waals surface area contributed by atoms with Gasteiger partial charge in [0.25, 0.3) is 0 Å². The van der Waals surface area contributed by atoms with Gasteiger partial charge in [-0.3, -0.25) is 9.59 Å². The van der Waals surface area contributed by atoms with Crippen molar-refractivity contribution in [2.24, 2.45) is 0 Å². The highest BCUT2D eigenvalue weighted by Gasteiger charge is 2.12. The molecule has 0 saturated heterocycles. The predicted molar refractivity (Wildman–Crippen MR) is 158 cm³/mol. The summed E-state index contributed by atoms with van der Waals surface area (Å²) in [5.74, 6) is 1.64. The molecule has 39 heavy (non-hydrogen) atoms. The fourth-order valence-corrected chi connectivity index (χ4v) is 3.48. The molecule has 0 aliphatic heterocycles. The fraction of sp³-hybridized carbons (Fsp3) is 0.273. The predicted octanol–water partition coefficient (Wildman–Crippen LogP) is 6.24. The van der Waals surface area contributed by atoms with E-state index in [1.54, 1.807) is 14.2 Å². The minimum atomic E-state index is -0.233. The van der Waals surface area contributed by atoms with Gasteiger partial charge in [-0.05, 0) is 47.2 Å². The van der Waals surface area contributed by atoms with Gasteiger partial charge in [-0.25, -0.2) is 0 Å². The van der Waals surface area contributed by atoms with Gasteiger partial charge in [0, 0.05) is 11.1 Å². The van der Waals surface area contributed by atoms with Crippen molar-refractivity contribution >= 4 is 12.6 Å². The molecular formula is C33H40O6. The molecule has 0 fully saturated rings. The quantitative estimate of drug-likeness (QED) is 0.163. The lowest BCUT2D eigenvalue weighted by atomic mass is 9.98. The minimum absolute atomic E-state index is 0.218. The number of hydrogen-bond acceptors (Lipinski definition) is 6. The number of aliphatic hydroxyl groups is 2. The van der Waals surface area contributed by atoms with Crippen LogP contribution in [0.3, 0.4) is 0 Å². The number of methoxy groups -OCH3 is 2. The third-order valence-electron chi connectivity index (χ3n) is 5.70. The summed E-state index contributed by atoms with van der Waals surface area (Å²) in [6, 6.07) is 23.4. The maximum Gasteiger partial charge on any atom is 0.147 e. The Hall–Kier alpha value is -4.00. The maximum atomic E-state index is 9.48. The van der Waals surface area contributed by atoms with Gasteiger partial charge in [-0.2, -0.15) is 0 Å². The first-order chi connectivity index (χ1) is 18.9.